The monoisotopic (exact) mass is 454 g/mol. The summed E-state index contributed by atoms with van der Waals surface area (Å²) in [5.41, 5.74) is -0.438. The smallest absolute Gasteiger partial charge is 0.266 e. The van der Waals surface area contributed by atoms with Gasteiger partial charge >= 0.3 is 0 Å². The van der Waals surface area contributed by atoms with Crippen LogP contribution in [0.25, 0.3) is 27.2 Å². The van der Waals surface area contributed by atoms with Crippen LogP contribution in [0.3, 0.4) is 0 Å². The van der Waals surface area contributed by atoms with Crippen LogP contribution in [0.5, 0.6) is 11.5 Å². The number of fused-ring (bicyclic) bond motifs is 2. The van der Waals surface area contributed by atoms with Gasteiger partial charge in [0.1, 0.15) is 11.5 Å². The number of hydrogen-bond donors (Lipinski definition) is 0. The van der Waals surface area contributed by atoms with E-state index in [0.717, 1.165) is 9.13 Å². The zero-order valence-electron chi connectivity index (χ0n) is 19.2. The van der Waals surface area contributed by atoms with Gasteiger partial charge in [-0.2, -0.15) is 0 Å². The largest absolute Gasteiger partial charge is 0.457 e. The predicted octanol–water partition coefficient (Wildman–Crippen LogP) is 3.53. The third-order valence-electron chi connectivity index (χ3n) is 6.15. The lowest BCUT2D eigenvalue weighted by molar-refractivity contribution is 0.481. The van der Waals surface area contributed by atoms with Gasteiger partial charge in [-0.1, -0.05) is 32.9 Å². The molecule has 0 aliphatic carbocycles. The van der Waals surface area contributed by atoms with Crippen LogP contribution in [0.4, 0.5) is 0 Å². The van der Waals surface area contributed by atoms with Gasteiger partial charge in [0.25, 0.3) is 22.2 Å². The minimum Gasteiger partial charge on any atom is -0.457 e. The van der Waals surface area contributed by atoms with Crippen molar-refractivity contribution in [3.63, 3.8) is 0 Å². The summed E-state index contributed by atoms with van der Waals surface area (Å²) >= 11 is 0. The summed E-state index contributed by atoms with van der Waals surface area (Å²) in [6.07, 6.45) is 0. The highest BCUT2D eigenvalue weighted by Gasteiger charge is 2.19. The van der Waals surface area contributed by atoms with Crippen molar-refractivity contribution in [2.45, 2.75) is 26.2 Å². The molecule has 0 aliphatic heterocycles. The van der Waals surface area contributed by atoms with E-state index in [9.17, 15) is 19.2 Å². The van der Waals surface area contributed by atoms with Crippen molar-refractivity contribution >= 4 is 21.5 Å². The quantitative estimate of drug-likeness (QED) is 0.416. The Kier molecular flexibility index (Phi) is 4.68. The lowest BCUT2D eigenvalue weighted by atomic mass is 9.87. The predicted molar refractivity (Wildman–Crippen MR) is 132 cm³/mol. The number of nitrogens with zero attached hydrogens (tertiary/aromatic N) is 2. The van der Waals surface area contributed by atoms with Crippen LogP contribution >= 0.6 is 0 Å². The van der Waals surface area contributed by atoms with Gasteiger partial charge < -0.3 is 4.74 Å². The molecule has 3 aromatic carbocycles. The SMILES string of the molecule is Cn1c(=O)c2cc3c(=O)n(-c4ccc(Oc5ccc(C(C)(C)C)cc5)cc4)c(=O)c3cc2c1=O. The van der Waals surface area contributed by atoms with Gasteiger partial charge in [0, 0.05) is 7.05 Å². The number of benzene rings is 3. The lowest BCUT2D eigenvalue weighted by Crippen LogP contribution is -2.23. The standard InChI is InChI=1S/C27H22N2O5/c1-27(2,3)15-5-9-17(10-6-15)34-18-11-7-16(8-12-18)29-25(32)21-13-19-20(14-22(21)26(29)33)24(31)28(4)23(19)30/h5-14H,1-4H3. The molecule has 34 heavy (non-hydrogen) atoms. The van der Waals surface area contributed by atoms with E-state index in [0.29, 0.717) is 17.2 Å². The molecule has 0 atom stereocenters. The highest BCUT2D eigenvalue weighted by atomic mass is 16.5. The highest BCUT2D eigenvalue weighted by molar-refractivity contribution is 5.98. The first-order chi connectivity index (χ1) is 16.1. The Labute approximate surface area is 193 Å². The minimum absolute atomic E-state index is 0.0448. The molecule has 2 heterocycles. The molecule has 5 aromatic rings. The molecule has 0 N–H and O–H groups in total. The molecule has 0 bridgehead atoms. The molecule has 7 nitrogen and oxygen atoms in total. The Hall–Kier alpha value is -4.26. The third-order valence-corrected chi connectivity index (χ3v) is 6.15. The molecule has 0 fully saturated rings. The molecule has 7 heteroatoms. The van der Waals surface area contributed by atoms with E-state index in [-0.39, 0.29) is 27.0 Å². The lowest BCUT2D eigenvalue weighted by Gasteiger charge is -2.19. The molecule has 170 valence electrons. The van der Waals surface area contributed by atoms with Crippen LogP contribution < -0.4 is 27.0 Å². The van der Waals surface area contributed by atoms with E-state index in [2.05, 4.69) is 20.8 Å². The Morgan fingerprint density at radius 1 is 0.618 bits per heavy atom. The summed E-state index contributed by atoms with van der Waals surface area (Å²) in [6.45, 7) is 6.42. The Morgan fingerprint density at radius 3 is 1.47 bits per heavy atom. The van der Waals surface area contributed by atoms with Gasteiger partial charge in [-0.15, -0.1) is 0 Å². The molecule has 0 radical (unpaired) electrons. The number of ether oxygens (including phenoxy) is 1. The van der Waals surface area contributed by atoms with Gasteiger partial charge in [0.15, 0.2) is 0 Å². The maximum Gasteiger partial charge on any atom is 0.266 e. The fraction of sp³-hybridized carbons (Fsp3) is 0.185. The molecule has 0 spiro atoms. The molecule has 0 saturated heterocycles. The summed E-state index contributed by atoms with van der Waals surface area (Å²) < 4.78 is 7.91. The summed E-state index contributed by atoms with van der Waals surface area (Å²) in [5.74, 6) is 1.23. The number of hydrogen-bond acceptors (Lipinski definition) is 5. The van der Waals surface area contributed by atoms with Crippen molar-refractivity contribution in [1.82, 2.24) is 9.13 Å². The molecular formula is C27H22N2O5. The Bertz CT molecular complexity index is 1700. The third kappa shape index (κ3) is 3.28. The van der Waals surface area contributed by atoms with Crippen molar-refractivity contribution < 1.29 is 4.74 Å². The second-order valence-corrected chi connectivity index (χ2v) is 9.43. The summed E-state index contributed by atoms with van der Waals surface area (Å²) in [5, 5.41) is 0.491. The zero-order valence-corrected chi connectivity index (χ0v) is 19.2. The first-order valence-electron chi connectivity index (χ1n) is 10.8. The Morgan fingerprint density at radius 2 is 1.03 bits per heavy atom. The highest BCUT2D eigenvalue weighted by Crippen LogP contribution is 2.27. The maximum atomic E-state index is 13.0. The van der Waals surface area contributed by atoms with Crippen LogP contribution in [0.1, 0.15) is 26.3 Å². The molecule has 5 rings (SSSR count). The van der Waals surface area contributed by atoms with Crippen LogP contribution in [0.15, 0.2) is 79.8 Å². The number of rotatable bonds is 3. The summed E-state index contributed by atoms with van der Waals surface area (Å²) in [4.78, 5) is 50.6. The topological polar surface area (TPSA) is 87.4 Å². The molecule has 0 amide bonds. The summed E-state index contributed by atoms with van der Waals surface area (Å²) in [6, 6.07) is 17.1. The van der Waals surface area contributed by atoms with Gasteiger partial charge in [0.2, 0.25) is 0 Å². The van der Waals surface area contributed by atoms with E-state index in [1.807, 2.05) is 24.3 Å². The molecule has 0 unspecified atom stereocenters. The van der Waals surface area contributed by atoms with Crippen LogP contribution in [0.2, 0.25) is 0 Å². The minimum atomic E-state index is -0.538. The number of aromatic nitrogens is 2. The molecule has 2 aromatic heterocycles. The van der Waals surface area contributed by atoms with E-state index in [1.54, 1.807) is 24.3 Å². The van der Waals surface area contributed by atoms with Crippen LogP contribution in [0, 0.1) is 0 Å². The molecule has 0 saturated carbocycles. The van der Waals surface area contributed by atoms with E-state index in [4.69, 9.17) is 4.74 Å². The van der Waals surface area contributed by atoms with E-state index >= 15 is 0 Å². The second kappa shape index (κ2) is 7.38. The van der Waals surface area contributed by atoms with Gasteiger partial charge in [-0.05, 0) is 59.5 Å². The Balaban J connectivity index is 1.52. The first kappa shape index (κ1) is 21.6. The van der Waals surface area contributed by atoms with E-state index < -0.39 is 22.2 Å². The van der Waals surface area contributed by atoms with Crippen molar-refractivity contribution in [3.05, 3.63) is 108 Å². The van der Waals surface area contributed by atoms with Gasteiger partial charge in [-0.3, -0.25) is 23.7 Å². The van der Waals surface area contributed by atoms with Crippen molar-refractivity contribution in [3.8, 4) is 17.2 Å². The summed E-state index contributed by atoms with van der Waals surface area (Å²) in [7, 11) is 1.37. The fourth-order valence-electron chi connectivity index (χ4n) is 4.15. The molecular weight excluding hydrogens is 432 g/mol. The van der Waals surface area contributed by atoms with E-state index in [1.165, 1.54) is 24.7 Å². The average molecular weight is 454 g/mol. The average Bonchev–Trinajstić information content (AvgIpc) is 3.18. The maximum absolute atomic E-state index is 13.0. The van der Waals surface area contributed by atoms with Gasteiger partial charge in [-0.25, -0.2) is 4.57 Å². The fourth-order valence-corrected chi connectivity index (χ4v) is 4.15. The van der Waals surface area contributed by atoms with Crippen LogP contribution in [-0.2, 0) is 12.5 Å². The van der Waals surface area contributed by atoms with Gasteiger partial charge in [0.05, 0.1) is 27.2 Å². The van der Waals surface area contributed by atoms with Crippen LogP contribution in [-0.4, -0.2) is 9.13 Å². The zero-order chi connectivity index (χ0) is 24.4. The van der Waals surface area contributed by atoms with Crippen molar-refractivity contribution in [1.29, 1.82) is 0 Å². The normalized spacial score (nSPS) is 12.0. The second-order valence-electron chi connectivity index (χ2n) is 9.43. The van der Waals surface area contributed by atoms with Crippen molar-refractivity contribution in [2.24, 2.45) is 7.05 Å². The molecule has 0 aliphatic rings. The first-order valence-corrected chi connectivity index (χ1v) is 10.8. The van der Waals surface area contributed by atoms with Crippen molar-refractivity contribution in [2.75, 3.05) is 0 Å².